The van der Waals surface area contributed by atoms with Crippen molar-refractivity contribution >= 4 is 0 Å². The van der Waals surface area contributed by atoms with Gasteiger partial charge in [0.25, 0.3) is 5.56 Å². The zero-order valence-electron chi connectivity index (χ0n) is 8.61. The molecule has 0 unspecified atom stereocenters. The molecule has 76 valence electrons. The molecule has 0 aliphatic carbocycles. The van der Waals surface area contributed by atoms with E-state index in [2.05, 4.69) is 15.0 Å². The summed E-state index contributed by atoms with van der Waals surface area (Å²) >= 11 is 0. The van der Waals surface area contributed by atoms with E-state index >= 15 is 0 Å². The third-order valence-electron chi connectivity index (χ3n) is 2.05. The first-order valence-corrected chi connectivity index (χ1v) is 4.66. The predicted molar refractivity (Wildman–Crippen MR) is 57.6 cm³/mol. The number of nitrogens with one attached hydrogen (secondary N) is 1. The molecule has 2 aromatic heterocycles. The molecule has 0 amide bonds. The van der Waals surface area contributed by atoms with Gasteiger partial charge < -0.3 is 4.98 Å². The first kappa shape index (κ1) is 9.58. The van der Waals surface area contributed by atoms with Crippen LogP contribution in [-0.4, -0.2) is 15.0 Å². The SMILES string of the molecule is Cc1cc(-c2cc(=O)[nH]c(C)n2)ccn1. The van der Waals surface area contributed by atoms with Crippen molar-refractivity contribution in [1.82, 2.24) is 15.0 Å². The number of aromatic amines is 1. The van der Waals surface area contributed by atoms with Gasteiger partial charge in [-0.2, -0.15) is 0 Å². The fourth-order valence-electron chi connectivity index (χ4n) is 1.43. The molecule has 0 saturated heterocycles. The Morgan fingerprint density at radius 1 is 1.27 bits per heavy atom. The lowest BCUT2D eigenvalue weighted by Gasteiger charge is -2.01. The van der Waals surface area contributed by atoms with Crippen molar-refractivity contribution in [2.75, 3.05) is 0 Å². The van der Waals surface area contributed by atoms with Gasteiger partial charge in [-0.3, -0.25) is 9.78 Å². The third kappa shape index (κ3) is 2.10. The normalized spacial score (nSPS) is 10.3. The van der Waals surface area contributed by atoms with Crippen LogP contribution in [-0.2, 0) is 0 Å². The number of aryl methyl sites for hydroxylation is 2. The monoisotopic (exact) mass is 201 g/mol. The van der Waals surface area contributed by atoms with Gasteiger partial charge in [-0.1, -0.05) is 0 Å². The zero-order valence-corrected chi connectivity index (χ0v) is 8.61. The fraction of sp³-hybridized carbons (Fsp3) is 0.182. The lowest BCUT2D eigenvalue weighted by molar-refractivity contribution is 1.02. The molecule has 0 aromatic carbocycles. The summed E-state index contributed by atoms with van der Waals surface area (Å²) in [5.74, 6) is 0.618. The lowest BCUT2D eigenvalue weighted by atomic mass is 10.1. The van der Waals surface area contributed by atoms with Gasteiger partial charge in [0, 0.05) is 23.5 Å². The van der Waals surface area contributed by atoms with E-state index in [4.69, 9.17) is 0 Å². The van der Waals surface area contributed by atoms with Crippen molar-refractivity contribution in [3.05, 3.63) is 46.3 Å². The van der Waals surface area contributed by atoms with Gasteiger partial charge in [-0.25, -0.2) is 4.98 Å². The van der Waals surface area contributed by atoms with Gasteiger partial charge >= 0.3 is 0 Å². The predicted octanol–water partition coefficient (Wildman–Crippen LogP) is 1.45. The Morgan fingerprint density at radius 2 is 2.07 bits per heavy atom. The van der Waals surface area contributed by atoms with Crippen LogP contribution >= 0.6 is 0 Å². The van der Waals surface area contributed by atoms with E-state index in [0.29, 0.717) is 11.5 Å². The topological polar surface area (TPSA) is 58.6 Å². The van der Waals surface area contributed by atoms with E-state index in [9.17, 15) is 4.79 Å². The summed E-state index contributed by atoms with van der Waals surface area (Å²) in [6.07, 6.45) is 1.71. The molecule has 0 saturated carbocycles. The first-order chi connectivity index (χ1) is 7.15. The zero-order chi connectivity index (χ0) is 10.8. The van der Waals surface area contributed by atoms with E-state index in [0.717, 1.165) is 11.3 Å². The van der Waals surface area contributed by atoms with Crippen LogP contribution in [0.25, 0.3) is 11.3 Å². The molecule has 0 aliphatic heterocycles. The molecule has 0 fully saturated rings. The molecule has 0 atom stereocenters. The molecule has 2 rings (SSSR count). The van der Waals surface area contributed by atoms with Crippen molar-refractivity contribution in [1.29, 1.82) is 0 Å². The Kier molecular flexibility index (Phi) is 2.33. The van der Waals surface area contributed by atoms with Gasteiger partial charge in [0.1, 0.15) is 5.82 Å². The minimum atomic E-state index is -0.132. The highest BCUT2D eigenvalue weighted by atomic mass is 16.1. The van der Waals surface area contributed by atoms with Crippen LogP contribution in [0.4, 0.5) is 0 Å². The molecular weight excluding hydrogens is 190 g/mol. The van der Waals surface area contributed by atoms with Crippen LogP contribution < -0.4 is 5.56 Å². The maximum Gasteiger partial charge on any atom is 0.251 e. The van der Waals surface area contributed by atoms with Crippen LogP contribution in [0.1, 0.15) is 11.5 Å². The maximum absolute atomic E-state index is 11.3. The molecule has 1 N–H and O–H groups in total. The van der Waals surface area contributed by atoms with E-state index in [1.807, 2.05) is 19.1 Å². The summed E-state index contributed by atoms with van der Waals surface area (Å²) in [7, 11) is 0. The molecule has 0 spiro atoms. The van der Waals surface area contributed by atoms with Crippen molar-refractivity contribution in [2.45, 2.75) is 13.8 Å². The van der Waals surface area contributed by atoms with Crippen LogP contribution in [0.5, 0.6) is 0 Å². The molecule has 4 heteroatoms. The van der Waals surface area contributed by atoms with E-state index in [1.165, 1.54) is 6.07 Å². The Hall–Kier alpha value is -1.97. The standard InChI is InChI=1S/C11H11N3O/c1-7-5-9(3-4-12-7)10-6-11(15)14-8(2)13-10/h3-6H,1-2H3,(H,13,14,15). The van der Waals surface area contributed by atoms with Crippen molar-refractivity contribution in [3.63, 3.8) is 0 Å². The smallest absolute Gasteiger partial charge is 0.251 e. The average Bonchev–Trinajstić information content (AvgIpc) is 2.16. The van der Waals surface area contributed by atoms with Gasteiger partial charge in [-0.05, 0) is 26.0 Å². The van der Waals surface area contributed by atoms with Crippen LogP contribution in [0.3, 0.4) is 0 Å². The molecular formula is C11H11N3O. The molecule has 15 heavy (non-hydrogen) atoms. The number of nitrogens with zero attached hydrogens (tertiary/aromatic N) is 2. The average molecular weight is 201 g/mol. The fourth-order valence-corrected chi connectivity index (χ4v) is 1.43. The summed E-state index contributed by atoms with van der Waals surface area (Å²) in [6, 6.07) is 5.23. The summed E-state index contributed by atoms with van der Waals surface area (Å²) in [5.41, 5.74) is 2.37. The maximum atomic E-state index is 11.3. The van der Waals surface area contributed by atoms with Crippen molar-refractivity contribution < 1.29 is 0 Å². The second-order valence-electron chi connectivity index (χ2n) is 3.40. The number of hydrogen-bond donors (Lipinski definition) is 1. The van der Waals surface area contributed by atoms with Gasteiger partial charge in [-0.15, -0.1) is 0 Å². The molecule has 2 aromatic rings. The van der Waals surface area contributed by atoms with Crippen LogP contribution in [0.15, 0.2) is 29.2 Å². The summed E-state index contributed by atoms with van der Waals surface area (Å²) in [5, 5.41) is 0. The number of aromatic nitrogens is 3. The number of pyridine rings is 1. The van der Waals surface area contributed by atoms with Gasteiger partial charge in [0.15, 0.2) is 0 Å². The number of H-pyrrole nitrogens is 1. The van der Waals surface area contributed by atoms with E-state index < -0.39 is 0 Å². The second-order valence-corrected chi connectivity index (χ2v) is 3.40. The minimum Gasteiger partial charge on any atom is -0.311 e. The summed E-state index contributed by atoms with van der Waals surface area (Å²) in [4.78, 5) is 22.2. The van der Waals surface area contributed by atoms with Crippen LogP contribution in [0.2, 0.25) is 0 Å². The Balaban J connectivity index is 2.59. The Morgan fingerprint density at radius 3 is 2.73 bits per heavy atom. The Bertz CT molecular complexity index is 546. The quantitative estimate of drug-likeness (QED) is 0.759. The molecule has 2 heterocycles. The largest absolute Gasteiger partial charge is 0.311 e. The van der Waals surface area contributed by atoms with E-state index in [-0.39, 0.29) is 5.56 Å². The summed E-state index contributed by atoms with van der Waals surface area (Å²) in [6.45, 7) is 3.67. The van der Waals surface area contributed by atoms with Crippen molar-refractivity contribution in [2.24, 2.45) is 0 Å². The van der Waals surface area contributed by atoms with Crippen molar-refractivity contribution in [3.8, 4) is 11.3 Å². The lowest BCUT2D eigenvalue weighted by Crippen LogP contribution is -2.08. The third-order valence-corrected chi connectivity index (χ3v) is 2.05. The highest BCUT2D eigenvalue weighted by Crippen LogP contribution is 2.14. The Labute approximate surface area is 87.0 Å². The highest BCUT2D eigenvalue weighted by Gasteiger charge is 2.01. The molecule has 0 bridgehead atoms. The number of hydrogen-bond acceptors (Lipinski definition) is 3. The molecule has 4 nitrogen and oxygen atoms in total. The number of rotatable bonds is 1. The van der Waals surface area contributed by atoms with Gasteiger partial charge in [0.2, 0.25) is 0 Å². The first-order valence-electron chi connectivity index (χ1n) is 4.66. The second kappa shape index (κ2) is 3.65. The molecule has 0 radical (unpaired) electrons. The van der Waals surface area contributed by atoms with Gasteiger partial charge in [0.05, 0.1) is 5.69 Å². The van der Waals surface area contributed by atoms with E-state index in [1.54, 1.807) is 13.1 Å². The summed E-state index contributed by atoms with van der Waals surface area (Å²) < 4.78 is 0. The highest BCUT2D eigenvalue weighted by molar-refractivity contribution is 5.58. The van der Waals surface area contributed by atoms with Crippen LogP contribution in [0, 0.1) is 13.8 Å². The molecule has 0 aliphatic rings. The minimum absolute atomic E-state index is 0.132.